The smallest absolute Gasteiger partial charge is 0.120 e. The van der Waals surface area contributed by atoms with Crippen molar-refractivity contribution in [3.05, 3.63) is 23.2 Å². The monoisotopic (exact) mass is 188 g/mol. The zero-order chi connectivity index (χ0) is 8.27. The van der Waals surface area contributed by atoms with E-state index in [4.69, 9.17) is 16.3 Å². The van der Waals surface area contributed by atoms with Crippen molar-refractivity contribution >= 4 is 23.4 Å². The lowest BCUT2D eigenvalue weighted by atomic mass is 10.3. The second-order valence-corrected chi connectivity index (χ2v) is 3.26. The molecule has 0 aliphatic heterocycles. The number of hydrogen-bond acceptors (Lipinski definition) is 2. The third-order valence-corrected chi connectivity index (χ3v) is 2.58. The largest absolute Gasteiger partial charge is 0.497 e. The van der Waals surface area contributed by atoms with E-state index in [1.165, 1.54) is 0 Å². The van der Waals surface area contributed by atoms with Gasteiger partial charge in [-0.25, -0.2) is 0 Å². The zero-order valence-electron chi connectivity index (χ0n) is 6.43. The number of halogens is 1. The van der Waals surface area contributed by atoms with Crippen molar-refractivity contribution in [2.24, 2.45) is 0 Å². The van der Waals surface area contributed by atoms with Crippen LogP contribution in [0.4, 0.5) is 0 Å². The van der Waals surface area contributed by atoms with Gasteiger partial charge in [-0.15, -0.1) is 11.8 Å². The molecule has 0 saturated carbocycles. The maximum atomic E-state index is 5.88. The first-order chi connectivity index (χ1) is 5.27. The highest BCUT2D eigenvalue weighted by Crippen LogP contribution is 2.28. The van der Waals surface area contributed by atoms with Crippen molar-refractivity contribution in [1.29, 1.82) is 0 Å². The van der Waals surface area contributed by atoms with E-state index in [0.717, 1.165) is 15.7 Å². The zero-order valence-corrected chi connectivity index (χ0v) is 8.00. The van der Waals surface area contributed by atoms with Gasteiger partial charge < -0.3 is 4.74 Å². The fraction of sp³-hybridized carbons (Fsp3) is 0.250. The van der Waals surface area contributed by atoms with Crippen molar-refractivity contribution in [3.8, 4) is 5.75 Å². The maximum absolute atomic E-state index is 5.88. The Balaban J connectivity index is 3.02. The minimum Gasteiger partial charge on any atom is -0.497 e. The van der Waals surface area contributed by atoms with Crippen molar-refractivity contribution < 1.29 is 4.74 Å². The number of rotatable bonds is 2. The Morgan fingerprint density at radius 2 is 2.18 bits per heavy atom. The normalized spacial score (nSPS) is 9.73. The molecule has 0 saturated heterocycles. The van der Waals surface area contributed by atoms with E-state index >= 15 is 0 Å². The molecule has 0 heterocycles. The highest BCUT2D eigenvalue weighted by molar-refractivity contribution is 7.98. The molecular weight excluding hydrogens is 180 g/mol. The van der Waals surface area contributed by atoms with Crippen LogP contribution in [0.1, 0.15) is 0 Å². The molecule has 1 aromatic rings. The number of benzene rings is 1. The van der Waals surface area contributed by atoms with Gasteiger partial charge in [0.25, 0.3) is 0 Å². The van der Waals surface area contributed by atoms with Crippen molar-refractivity contribution in [2.45, 2.75) is 4.90 Å². The van der Waals surface area contributed by atoms with Crippen molar-refractivity contribution in [3.63, 3.8) is 0 Å². The van der Waals surface area contributed by atoms with Gasteiger partial charge in [-0.2, -0.15) is 0 Å². The van der Waals surface area contributed by atoms with Crippen molar-refractivity contribution in [1.82, 2.24) is 0 Å². The summed E-state index contributed by atoms with van der Waals surface area (Å²) in [6.07, 6.45) is 1.99. The van der Waals surface area contributed by atoms with Crippen LogP contribution in [-0.4, -0.2) is 13.4 Å². The molecule has 0 bridgehead atoms. The van der Waals surface area contributed by atoms with Crippen LogP contribution in [0.3, 0.4) is 0 Å². The summed E-state index contributed by atoms with van der Waals surface area (Å²) in [5, 5.41) is 0.776. The Kier molecular flexibility index (Phi) is 3.09. The topological polar surface area (TPSA) is 9.23 Å². The Hall–Kier alpha value is -0.340. The summed E-state index contributed by atoms with van der Waals surface area (Å²) in [7, 11) is 1.65. The van der Waals surface area contributed by atoms with Gasteiger partial charge in [-0.05, 0) is 24.5 Å². The molecular formula is C8H9ClOS. The van der Waals surface area contributed by atoms with Crippen LogP contribution in [0.15, 0.2) is 23.1 Å². The van der Waals surface area contributed by atoms with Gasteiger partial charge in [0, 0.05) is 4.90 Å². The molecule has 0 aromatic heterocycles. The van der Waals surface area contributed by atoms with Crippen molar-refractivity contribution in [2.75, 3.05) is 13.4 Å². The molecule has 1 aromatic carbocycles. The molecule has 3 heteroatoms. The third-order valence-electron chi connectivity index (χ3n) is 1.36. The van der Waals surface area contributed by atoms with Crippen LogP contribution in [0.5, 0.6) is 5.75 Å². The van der Waals surface area contributed by atoms with E-state index in [2.05, 4.69) is 0 Å². The summed E-state index contributed by atoms with van der Waals surface area (Å²) in [5.41, 5.74) is 0. The minimum absolute atomic E-state index is 0.776. The fourth-order valence-electron chi connectivity index (χ4n) is 0.767. The first kappa shape index (κ1) is 8.75. The average Bonchev–Trinajstić information content (AvgIpc) is 2.05. The number of thioether (sulfide) groups is 1. The Morgan fingerprint density at radius 3 is 2.73 bits per heavy atom. The quantitative estimate of drug-likeness (QED) is 0.660. The summed E-state index contributed by atoms with van der Waals surface area (Å²) < 4.78 is 5.04. The van der Waals surface area contributed by atoms with Crippen LogP contribution >= 0.6 is 23.4 Å². The van der Waals surface area contributed by atoms with Gasteiger partial charge in [0.05, 0.1) is 12.1 Å². The first-order valence-corrected chi connectivity index (χ1v) is 4.75. The highest BCUT2D eigenvalue weighted by atomic mass is 35.5. The second-order valence-electron chi connectivity index (χ2n) is 2.00. The van der Waals surface area contributed by atoms with Crippen LogP contribution in [0, 0.1) is 0 Å². The van der Waals surface area contributed by atoms with E-state index < -0.39 is 0 Å². The van der Waals surface area contributed by atoms with E-state index in [9.17, 15) is 0 Å². The van der Waals surface area contributed by atoms with E-state index in [0.29, 0.717) is 0 Å². The average molecular weight is 189 g/mol. The van der Waals surface area contributed by atoms with Gasteiger partial charge in [-0.1, -0.05) is 11.6 Å². The molecule has 1 nitrogen and oxygen atoms in total. The van der Waals surface area contributed by atoms with Gasteiger partial charge >= 0.3 is 0 Å². The Labute approximate surface area is 75.7 Å². The predicted octanol–water partition coefficient (Wildman–Crippen LogP) is 3.07. The minimum atomic E-state index is 0.776. The molecule has 0 atom stereocenters. The molecule has 60 valence electrons. The van der Waals surface area contributed by atoms with Crippen LogP contribution in [0.25, 0.3) is 0 Å². The van der Waals surface area contributed by atoms with E-state index in [-0.39, 0.29) is 0 Å². The molecule has 0 aliphatic rings. The van der Waals surface area contributed by atoms with E-state index in [1.807, 2.05) is 24.5 Å². The second kappa shape index (κ2) is 3.88. The number of ether oxygens (including phenoxy) is 1. The number of methoxy groups -OCH3 is 1. The van der Waals surface area contributed by atoms with E-state index in [1.54, 1.807) is 18.9 Å². The predicted molar refractivity (Wildman–Crippen MR) is 49.8 cm³/mol. The molecule has 1 rings (SSSR count). The lowest BCUT2D eigenvalue weighted by Crippen LogP contribution is -1.82. The molecule has 0 amide bonds. The lowest BCUT2D eigenvalue weighted by Gasteiger charge is -2.03. The number of hydrogen-bond donors (Lipinski definition) is 0. The SMILES string of the molecule is COc1ccc(Cl)c(SC)c1. The highest BCUT2D eigenvalue weighted by Gasteiger charge is 1.99. The molecule has 0 fully saturated rings. The summed E-state index contributed by atoms with van der Waals surface area (Å²) in [4.78, 5) is 1.05. The first-order valence-electron chi connectivity index (χ1n) is 3.15. The molecule has 0 unspecified atom stereocenters. The molecule has 0 N–H and O–H groups in total. The van der Waals surface area contributed by atoms with Gasteiger partial charge in [0.1, 0.15) is 5.75 Å². The van der Waals surface area contributed by atoms with Gasteiger partial charge in [0.15, 0.2) is 0 Å². The Bertz CT molecular complexity index is 250. The summed E-state index contributed by atoms with van der Waals surface area (Å²) in [6.45, 7) is 0. The molecule has 0 radical (unpaired) electrons. The van der Waals surface area contributed by atoms with Crippen LogP contribution in [-0.2, 0) is 0 Å². The summed E-state index contributed by atoms with van der Waals surface area (Å²) in [5.74, 6) is 0.846. The lowest BCUT2D eigenvalue weighted by molar-refractivity contribution is 0.413. The molecule has 0 spiro atoms. The fourth-order valence-corrected chi connectivity index (χ4v) is 1.61. The Morgan fingerprint density at radius 1 is 1.45 bits per heavy atom. The third kappa shape index (κ3) is 2.04. The van der Waals surface area contributed by atoms with Gasteiger partial charge in [0.2, 0.25) is 0 Å². The molecule has 0 aliphatic carbocycles. The van der Waals surface area contributed by atoms with Crippen LogP contribution < -0.4 is 4.74 Å². The molecule has 11 heavy (non-hydrogen) atoms. The maximum Gasteiger partial charge on any atom is 0.120 e. The van der Waals surface area contributed by atoms with Gasteiger partial charge in [-0.3, -0.25) is 0 Å². The standard InChI is InChI=1S/C8H9ClOS/c1-10-6-3-4-7(9)8(5-6)11-2/h3-5H,1-2H3. The summed E-state index contributed by atoms with van der Waals surface area (Å²) in [6, 6.07) is 5.61. The van der Waals surface area contributed by atoms with Crippen LogP contribution in [0.2, 0.25) is 5.02 Å². The summed E-state index contributed by atoms with van der Waals surface area (Å²) >= 11 is 7.49.